The molecule has 1 heterocycles. The Bertz CT molecular complexity index is 304. The van der Waals surface area contributed by atoms with Crippen LogP contribution in [0.25, 0.3) is 0 Å². The summed E-state index contributed by atoms with van der Waals surface area (Å²) in [5.41, 5.74) is 0.633. The number of hydrogen-bond donors (Lipinski definition) is 1. The lowest BCUT2D eigenvalue weighted by atomic mass is 9.97. The van der Waals surface area contributed by atoms with Crippen molar-refractivity contribution >= 4 is 24.0 Å². The number of hydrogen-bond acceptors (Lipinski definition) is 1. The lowest BCUT2D eigenvalue weighted by Crippen LogP contribution is -2.27. The highest BCUT2D eigenvalue weighted by Gasteiger charge is 2.20. The summed E-state index contributed by atoms with van der Waals surface area (Å²) in [4.78, 5) is 0. The zero-order chi connectivity index (χ0) is 9.97. The number of halogens is 3. The topological polar surface area (TPSA) is 12.0 Å². The summed E-state index contributed by atoms with van der Waals surface area (Å²) >= 11 is 5.98. The Kier molecular flexibility index (Phi) is 4.84. The molecule has 1 aliphatic heterocycles. The minimum absolute atomic E-state index is 0. The number of piperidine rings is 1. The van der Waals surface area contributed by atoms with E-state index in [4.69, 9.17) is 11.6 Å². The molecule has 1 fully saturated rings. The second-order valence-electron chi connectivity index (χ2n) is 3.64. The van der Waals surface area contributed by atoms with Crippen LogP contribution in [-0.4, -0.2) is 6.54 Å². The van der Waals surface area contributed by atoms with Gasteiger partial charge in [0.1, 0.15) is 5.82 Å². The van der Waals surface area contributed by atoms with Gasteiger partial charge in [-0.05, 0) is 31.5 Å². The van der Waals surface area contributed by atoms with Gasteiger partial charge >= 0.3 is 0 Å². The summed E-state index contributed by atoms with van der Waals surface area (Å²) in [6.45, 7) is 0.954. The zero-order valence-corrected chi connectivity index (χ0v) is 9.87. The summed E-state index contributed by atoms with van der Waals surface area (Å²) in [7, 11) is 0. The smallest absolute Gasteiger partial charge is 0.129 e. The molecule has 1 aliphatic rings. The molecule has 1 saturated heterocycles. The first-order valence-corrected chi connectivity index (χ1v) is 5.34. The lowest BCUT2D eigenvalue weighted by molar-refractivity contribution is 0.400. The van der Waals surface area contributed by atoms with Crippen LogP contribution < -0.4 is 5.32 Å². The van der Waals surface area contributed by atoms with Crippen molar-refractivity contribution in [2.45, 2.75) is 25.3 Å². The van der Waals surface area contributed by atoms with E-state index in [2.05, 4.69) is 5.32 Å². The minimum atomic E-state index is -0.197. The highest BCUT2D eigenvalue weighted by Crippen LogP contribution is 2.30. The van der Waals surface area contributed by atoms with Gasteiger partial charge in [-0.3, -0.25) is 0 Å². The largest absolute Gasteiger partial charge is 0.310 e. The molecule has 15 heavy (non-hydrogen) atoms. The first-order chi connectivity index (χ1) is 6.79. The molecule has 4 heteroatoms. The molecule has 1 nitrogen and oxygen atoms in total. The lowest BCUT2D eigenvalue weighted by Gasteiger charge is -2.24. The van der Waals surface area contributed by atoms with E-state index in [1.54, 1.807) is 12.1 Å². The fourth-order valence-electron chi connectivity index (χ4n) is 1.94. The Morgan fingerprint density at radius 3 is 2.73 bits per heavy atom. The third-order valence-corrected chi connectivity index (χ3v) is 2.99. The first-order valence-electron chi connectivity index (χ1n) is 4.96. The molecular weight excluding hydrogens is 236 g/mol. The van der Waals surface area contributed by atoms with Crippen molar-refractivity contribution in [3.63, 3.8) is 0 Å². The van der Waals surface area contributed by atoms with Crippen molar-refractivity contribution in [2.75, 3.05) is 6.54 Å². The second kappa shape index (κ2) is 5.69. The molecule has 0 unspecified atom stereocenters. The van der Waals surface area contributed by atoms with E-state index in [0.29, 0.717) is 10.6 Å². The highest BCUT2D eigenvalue weighted by molar-refractivity contribution is 6.31. The van der Waals surface area contributed by atoms with Gasteiger partial charge < -0.3 is 5.32 Å². The SMILES string of the molecule is Cl.Fc1cccc(Cl)c1[C@@H]1CCCCN1. The van der Waals surface area contributed by atoms with Crippen LogP contribution in [0.4, 0.5) is 4.39 Å². The van der Waals surface area contributed by atoms with E-state index in [1.165, 1.54) is 12.5 Å². The van der Waals surface area contributed by atoms with Crippen molar-refractivity contribution in [3.8, 4) is 0 Å². The molecule has 1 aromatic carbocycles. The fraction of sp³-hybridized carbons (Fsp3) is 0.455. The number of nitrogens with one attached hydrogen (secondary N) is 1. The summed E-state index contributed by atoms with van der Waals surface area (Å²) in [5.74, 6) is -0.197. The molecule has 0 aliphatic carbocycles. The van der Waals surface area contributed by atoms with Gasteiger partial charge in [0.05, 0.1) is 0 Å². The molecule has 1 N–H and O–H groups in total. The quantitative estimate of drug-likeness (QED) is 0.801. The van der Waals surface area contributed by atoms with Crippen molar-refractivity contribution in [1.29, 1.82) is 0 Å². The Morgan fingerprint density at radius 2 is 2.13 bits per heavy atom. The molecule has 0 spiro atoms. The maximum absolute atomic E-state index is 13.5. The van der Waals surface area contributed by atoms with E-state index in [0.717, 1.165) is 19.4 Å². The fourth-order valence-corrected chi connectivity index (χ4v) is 2.24. The van der Waals surface area contributed by atoms with Gasteiger partial charge in [0.2, 0.25) is 0 Å². The molecule has 0 bridgehead atoms. The highest BCUT2D eigenvalue weighted by atomic mass is 35.5. The average Bonchev–Trinajstić information content (AvgIpc) is 2.19. The number of rotatable bonds is 1. The van der Waals surface area contributed by atoms with E-state index in [-0.39, 0.29) is 24.3 Å². The molecule has 2 rings (SSSR count). The predicted octanol–water partition coefficient (Wildman–Crippen LogP) is 3.72. The predicted molar refractivity (Wildman–Crippen MR) is 63.3 cm³/mol. The van der Waals surface area contributed by atoms with Crippen LogP contribution in [0.15, 0.2) is 18.2 Å². The van der Waals surface area contributed by atoms with Crippen LogP contribution >= 0.6 is 24.0 Å². The van der Waals surface area contributed by atoms with E-state index >= 15 is 0 Å². The van der Waals surface area contributed by atoms with Crippen LogP contribution in [0.2, 0.25) is 5.02 Å². The van der Waals surface area contributed by atoms with Gasteiger partial charge in [0.15, 0.2) is 0 Å². The molecule has 84 valence electrons. The molecular formula is C11H14Cl2FN. The van der Waals surface area contributed by atoms with Gasteiger partial charge in [-0.15, -0.1) is 12.4 Å². The Morgan fingerprint density at radius 1 is 1.33 bits per heavy atom. The Hall–Kier alpha value is -0.310. The van der Waals surface area contributed by atoms with Crippen molar-refractivity contribution in [3.05, 3.63) is 34.6 Å². The maximum Gasteiger partial charge on any atom is 0.129 e. The summed E-state index contributed by atoms with van der Waals surface area (Å²) in [6, 6.07) is 4.95. The molecule has 1 aromatic rings. The number of benzene rings is 1. The van der Waals surface area contributed by atoms with Gasteiger partial charge in [-0.1, -0.05) is 24.1 Å². The molecule has 0 amide bonds. The summed E-state index contributed by atoms with van der Waals surface area (Å²) in [5, 5.41) is 3.82. The normalized spacial score (nSPS) is 20.8. The molecule has 0 radical (unpaired) electrons. The molecule has 0 aromatic heterocycles. The van der Waals surface area contributed by atoms with E-state index in [9.17, 15) is 4.39 Å². The van der Waals surface area contributed by atoms with E-state index < -0.39 is 0 Å². The zero-order valence-electron chi connectivity index (χ0n) is 8.30. The van der Waals surface area contributed by atoms with Crippen molar-refractivity contribution in [1.82, 2.24) is 5.32 Å². The minimum Gasteiger partial charge on any atom is -0.310 e. The van der Waals surface area contributed by atoms with Crippen LogP contribution in [0, 0.1) is 5.82 Å². The summed E-state index contributed by atoms with van der Waals surface area (Å²) < 4.78 is 13.5. The molecule has 0 saturated carbocycles. The second-order valence-corrected chi connectivity index (χ2v) is 4.05. The van der Waals surface area contributed by atoms with Crippen molar-refractivity contribution in [2.24, 2.45) is 0 Å². The monoisotopic (exact) mass is 249 g/mol. The van der Waals surface area contributed by atoms with Gasteiger partial charge in [0, 0.05) is 16.6 Å². The van der Waals surface area contributed by atoms with Crippen molar-refractivity contribution < 1.29 is 4.39 Å². The Labute approximate surface area is 100 Å². The van der Waals surface area contributed by atoms with Crippen LogP contribution in [0.1, 0.15) is 30.9 Å². The van der Waals surface area contributed by atoms with Gasteiger partial charge in [-0.25, -0.2) is 4.39 Å². The standard InChI is InChI=1S/C11H13ClFN.ClH/c12-8-4-3-5-9(13)11(8)10-6-1-2-7-14-10;/h3-5,10,14H,1-2,6-7H2;1H/t10-;/m0./s1. The summed E-state index contributed by atoms with van der Waals surface area (Å²) in [6.07, 6.45) is 3.28. The van der Waals surface area contributed by atoms with Crippen LogP contribution in [0.3, 0.4) is 0 Å². The first kappa shape index (κ1) is 12.8. The maximum atomic E-state index is 13.5. The third kappa shape index (κ3) is 2.83. The Balaban J connectivity index is 0.00000112. The molecule has 1 atom stereocenters. The van der Waals surface area contributed by atoms with Gasteiger partial charge in [0.25, 0.3) is 0 Å². The van der Waals surface area contributed by atoms with Gasteiger partial charge in [-0.2, -0.15) is 0 Å². The van der Waals surface area contributed by atoms with Crippen LogP contribution in [0.5, 0.6) is 0 Å². The van der Waals surface area contributed by atoms with E-state index in [1.807, 2.05) is 0 Å². The average molecular weight is 250 g/mol. The van der Waals surface area contributed by atoms with Crippen LogP contribution in [-0.2, 0) is 0 Å². The third-order valence-electron chi connectivity index (χ3n) is 2.66.